The summed E-state index contributed by atoms with van der Waals surface area (Å²) in [5.41, 5.74) is 1.31. The Morgan fingerprint density at radius 3 is 2.46 bits per heavy atom. The van der Waals surface area contributed by atoms with Gasteiger partial charge >= 0.3 is 0 Å². The van der Waals surface area contributed by atoms with Crippen molar-refractivity contribution in [2.24, 2.45) is 0 Å². The summed E-state index contributed by atoms with van der Waals surface area (Å²) >= 11 is 9.67. The fraction of sp³-hybridized carbons (Fsp3) is 0.222. The quantitative estimate of drug-likeness (QED) is 0.486. The highest BCUT2D eigenvalue weighted by Gasteiger charge is 2.20. The van der Waals surface area contributed by atoms with Gasteiger partial charge in [0.25, 0.3) is 4.20 Å². The predicted molar refractivity (Wildman–Crippen MR) is 60.3 cm³/mol. The molecular formula is C9H8Cl2S2. The number of hydrogen-bond acceptors (Lipinski definition) is 1. The average molecular weight is 251 g/mol. The summed E-state index contributed by atoms with van der Waals surface area (Å²) < 4.78 is 1.44. The first-order chi connectivity index (χ1) is 5.86. The van der Waals surface area contributed by atoms with Gasteiger partial charge in [-0.1, -0.05) is 23.4 Å². The topological polar surface area (TPSA) is 0 Å². The molecule has 4 heteroatoms. The van der Waals surface area contributed by atoms with Crippen molar-refractivity contribution in [1.29, 1.82) is 0 Å². The highest BCUT2D eigenvalue weighted by atomic mass is 35.5. The molecule has 0 saturated carbocycles. The van der Waals surface area contributed by atoms with Crippen molar-refractivity contribution in [1.82, 2.24) is 0 Å². The molecule has 13 heavy (non-hydrogen) atoms. The van der Waals surface area contributed by atoms with Crippen LogP contribution < -0.4 is 12.4 Å². The Morgan fingerprint density at radius 1 is 1.23 bits per heavy atom. The van der Waals surface area contributed by atoms with Crippen molar-refractivity contribution in [3.63, 3.8) is 0 Å². The van der Waals surface area contributed by atoms with Crippen molar-refractivity contribution in [3.8, 4) is 0 Å². The minimum Gasteiger partial charge on any atom is -1.00 e. The van der Waals surface area contributed by atoms with E-state index in [2.05, 4.69) is 12.1 Å². The summed E-state index contributed by atoms with van der Waals surface area (Å²) in [5.74, 6) is 2.48. The first kappa shape index (κ1) is 11.3. The Morgan fingerprint density at radius 2 is 1.92 bits per heavy atom. The molecule has 0 nitrogen and oxygen atoms in total. The summed E-state index contributed by atoms with van der Waals surface area (Å²) in [6.07, 6.45) is 0. The Kier molecular flexibility index (Phi) is 4.53. The van der Waals surface area contributed by atoms with Crippen LogP contribution in [0, 0.1) is 0 Å². The first-order valence-electron chi connectivity index (χ1n) is 3.75. The van der Waals surface area contributed by atoms with Gasteiger partial charge in [-0.2, -0.15) is 0 Å². The molecule has 0 saturated heterocycles. The third-order valence-electron chi connectivity index (χ3n) is 1.63. The van der Waals surface area contributed by atoms with Crippen LogP contribution in [0.3, 0.4) is 0 Å². The zero-order chi connectivity index (χ0) is 8.39. The average Bonchev–Trinajstić information content (AvgIpc) is 2.58. The zero-order valence-corrected chi connectivity index (χ0v) is 9.94. The molecule has 0 N–H and O–H groups in total. The molecule has 0 aromatic heterocycles. The minimum atomic E-state index is 0. The number of benzene rings is 1. The van der Waals surface area contributed by atoms with E-state index in [0.717, 1.165) is 5.02 Å². The summed E-state index contributed by atoms with van der Waals surface area (Å²) in [5, 5.41) is 0.812. The van der Waals surface area contributed by atoms with Gasteiger partial charge in [-0.15, -0.1) is 0 Å². The van der Waals surface area contributed by atoms with E-state index in [9.17, 15) is 0 Å². The fourth-order valence-electron chi connectivity index (χ4n) is 1.06. The molecule has 0 fully saturated rings. The molecule has 0 amide bonds. The molecule has 1 heterocycles. The molecule has 0 atom stereocenters. The van der Waals surface area contributed by atoms with Crippen LogP contribution in [-0.4, -0.2) is 15.7 Å². The molecule has 1 aromatic rings. The lowest BCUT2D eigenvalue weighted by molar-refractivity contribution is -0.00000208. The van der Waals surface area contributed by atoms with E-state index >= 15 is 0 Å². The van der Waals surface area contributed by atoms with E-state index in [0.29, 0.717) is 0 Å². The van der Waals surface area contributed by atoms with Crippen molar-refractivity contribution in [2.75, 3.05) is 11.5 Å². The van der Waals surface area contributed by atoms with Crippen LogP contribution in [0.25, 0.3) is 0 Å². The zero-order valence-electron chi connectivity index (χ0n) is 6.80. The molecule has 1 aliphatic heterocycles. The molecule has 0 bridgehead atoms. The molecule has 70 valence electrons. The SMILES string of the molecule is Clc1ccc(C2=[S+]CCS2)cc1.[Cl-]. The largest absolute Gasteiger partial charge is 1.00 e. The Labute approximate surface area is 97.4 Å². The third-order valence-corrected chi connectivity index (χ3v) is 4.66. The van der Waals surface area contributed by atoms with E-state index in [1.807, 2.05) is 35.2 Å². The standard InChI is InChI=1S/C9H8ClS2.ClH/c10-8-3-1-7(2-4-8)9-11-5-6-12-9;/h1-4H,5-6H2;1H/q+1;/p-1. The molecular weight excluding hydrogens is 243 g/mol. The van der Waals surface area contributed by atoms with Gasteiger partial charge in [0.1, 0.15) is 0 Å². The summed E-state index contributed by atoms with van der Waals surface area (Å²) in [4.78, 5) is 0. The van der Waals surface area contributed by atoms with Gasteiger partial charge in [0.2, 0.25) is 0 Å². The second-order valence-corrected chi connectivity index (χ2v) is 5.40. The van der Waals surface area contributed by atoms with Crippen molar-refractivity contribution < 1.29 is 12.4 Å². The minimum absolute atomic E-state index is 0. The van der Waals surface area contributed by atoms with Gasteiger partial charge in [0.15, 0.2) is 17.1 Å². The maximum Gasteiger partial charge on any atom is 0.265 e. The highest BCUT2D eigenvalue weighted by Crippen LogP contribution is 2.19. The van der Waals surface area contributed by atoms with Gasteiger partial charge in [0, 0.05) is 10.6 Å². The Balaban J connectivity index is 0.000000845. The van der Waals surface area contributed by atoms with Crippen LogP contribution in [0.5, 0.6) is 0 Å². The summed E-state index contributed by atoms with van der Waals surface area (Å²) in [6.45, 7) is 0. The molecule has 2 rings (SSSR count). The second kappa shape index (κ2) is 5.20. The fourth-order valence-corrected chi connectivity index (χ4v) is 3.67. The normalized spacial score (nSPS) is 15.0. The summed E-state index contributed by atoms with van der Waals surface area (Å²) in [7, 11) is 0. The molecule has 0 aliphatic carbocycles. The van der Waals surface area contributed by atoms with E-state index in [4.69, 9.17) is 11.6 Å². The van der Waals surface area contributed by atoms with E-state index in [1.165, 1.54) is 21.3 Å². The van der Waals surface area contributed by atoms with Crippen LogP contribution in [0.1, 0.15) is 5.56 Å². The molecule has 1 aliphatic rings. The number of thioether (sulfide) groups is 1. The van der Waals surface area contributed by atoms with Crippen LogP contribution in [0.15, 0.2) is 24.3 Å². The monoisotopic (exact) mass is 250 g/mol. The van der Waals surface area contributed by atoms with Crippen molar-refractivity contribution >= 4 is 38.9 Å². The second-order valence-electron chi connectivity index (χ2n) is 2.49. The molecule has 1 aromatic carbocycles. The van der Waals surface area contributed by atoms with Crippen molar-refractivity contribution in [3.05, 3.63) is 34.9 Å². The van der Waals surface area contributed by atoms with Crippen LogP contribution in [0.4, 0.5) is 0 Å². The van der Waals surface area contributed by atoms with Crippen LogP contribution in [-0.2, 0) is 11.4 Å². The first-order valence-corrected chi connectivity index (χ1v) is 6.10. The van der Waals surface area contributed by atoms with E-state index < -0.39 is 0 Å². The van der Waals surface area contributed by atoms with Crippen LogP contribution in [0.2, 0.25) is 5.02 Å². The smallest absolute Gasteiger partial charge is 0.265 e. The number of rotatable bonds is 1. The number of hydrogen-bond donors (Lipinski definition) is 0. The number of halogens is 2. The van der Waals surface area contributed by atoms with Gasteiger partial charge in [-0.3, -0.25) is 0 Å². The lowest BCUT2D eigenvalue weighted by Crippen LogP contribution is -3.00. The van der Waals surface area contributed by atoms with E-state index in [1.54, 1.807) is 0 Å². The highest BCUT2D eigenvalue weighted by molar-refractivity contribution is 8.25. The lowest BCUT2D eigenvalue weighted by atomic mass is 10.2. The van der Waals surface area contributed by atoms with E-state index in [-0.39, 0.29) is 12.4 Å². The van der Waals surface area contributed by atoms with Crippen molar-refractivity contribution in [2.45, 2.75) is 0 Å². The molecule has 0 radical (unpaired) electrons. The lowest BCUT2D eigenvalue weighted by Gasteiger charge is -1.92. The maximum absolute atomic E-state index is 5.80. The van der Waals surface area contributed by atoms with Gasteiger partial charge in [-0.25, -0.2) is 0 Å². The predicted octanol–water partition coefficient (Wildman–Crippen LogP) is -0.349. The van der Waals surface area contributed by atoms with Gasteiger partial charge in [-0.05, 0) is 24.3 Å². The van der Waals surface area contributed by atoms with Crippen LogP contribution >= 0.6 is 23.4 Å². The maximum atomic E-state index is 5.80. The third kappa shape index (κ3) is 2.84. The van der Waals surface area contributed by atoms with Gasteiger partial charge in [0.05, 0.1) is 5.75 Å². The molecule has 0 unspecified atom stereocenters. The Bertz CT molecular complexity index is 306. The van der Waals surface area contributed by atoms with Gasteiger partial charge < -0.3 is 12.4 Å². The molecule has 0 spiro atoms. The summed E-state index contributed by atoms with van der Waals surface area (Å²) in [6, 6.07) is 8.07. The Hall–Kier alpha value is 0.240.